The van der Waals surface area contributed by atoms with Crippen molar-refractivity contribution in [1.29, 1.82) is 21.0 Å². The molecular formula is C76H38N8O2. The van der Waals surface area contributed by atoms with Gasteiger partial charge in [0.05, 0.1) is 99.9 Å². The lowest BCUT2D eigenvalue weighted by atomic mass is 9.98. The van der Waals surface area contributed by atoms with Crippen LogP contribution in [0, 0.1) is 45.3 Å². The number of nitriles is 4. The van der Waals surface area contributed by atoms with Crippen molar-refractivity contribution in [3.8, 4) is 58.2 Å². The molecule has 0 unspecified atom stereocenters. The lowest BCUT2D eigenvalue weighted by molar-refractivity contribution is 0.672. The zero-order valence-corrected chi connectivity index (χ0v) is 45.3. The van der Waals surface area contributed by atoms with Crippen molar-refractivity contribution >= 4 is 131 Å². The van der Waals surface area contributed by atoms with E-state index in [0.29, 0.717) is 50.6 Å². The molecule has 12 aromatic carbocycles. The number of aromatic nitrogens is 4. The maximum Gasteiger partial charge on any atom is 0.145 e. The number of hydrogen-bond donors (Lipinski definition) is 0. The fourth-order valence-electron chi connectivity index (χ4n) is 14.2. The Morgan fingerprint density at radius 2 is 0.616 bits per heavy atom. The summed E-state index contributed by atoms with van der Waals surface area (Å²) in [5.74, 6) is 0. The molecule has 0 radical (unpaired) electrons. The topological polar surface area (TPSA) is 141 Å². The summed E-state index contributed by atoms with van der Waals surface area (Å²) in [5.41, 5.74) is 16.2. The third kappa shape index (κ3) is 6.23. The second-order valence-corrected chi connectivity index (χ2v) is 21.9. The smallest absolute Gasteiger partial charge is 0.145 e. The Morgan fingerprint density at radius 3 is 1.13 bits per heavy atom. The molecule has 0 N–H and O–H groups in total. The molecule has 18 rings (SSSR count). The van der Waals surface area contributed by atoms with Crippen LogP contribution >= 0.6 is 0 Å². The fraction of sp³-hybridized carbons (Fsp3) is 0. The predicted molar refractivity (Wildman–Crippen MR) is 343 cm³/mol. The first-order chi connectivity index (χ1) is 42.5. The fourth-order valence-corrected chi connectivity index (χ4v) is 14.2. The van der Waals surface area contributed by atoms with Crippen molar-refractivity contribution in [2.75, 3.05) is 0 Å². The molecule has 0 fully saturated rings. The molecule has 10 heteroatoms. The summed E-state index contributed by atoms with van der Waals surface area (Å²) in [6.07, 6.45) is 0. The second kappa shape index (κ2) is 17.5. The van der Waals surface area contributed by atoms with Gasteiger partial charge in [0.25, 0.3) is 0 Å². The van der Waals surface area contributed by atoms with E-state index in [-0.39, 0.29) is 0 Å². The van der Waals surface area contributed by atoms with Crippen LogP contribution < -0.4 is 0 Å². The van der Waals surface area contributed by atoms with Crippen LogP contribution in [0.15, 0.2) is 239 Å². The highest BCUT2D eigenvalue weighted by molar-refractivity contribution is 6.26. The lowest BCUT2D eigenvalue weighted by Crippen LogP contribution is -2.04. The van der Waals surface area contributed by atoms with Crippen LogP contribution in [0.5, 0.6) is 0 Å². The van der Waals surface area contributed by atoms with Gasteiger partial charge in [0.1, 0.15) is 46.6 Å². The van der Waals surface area contributed by atoms with Gasteiger partial charge in [-0.05, 0) is 114 Å². The lowest BCUT2D eigenvalue weighted by Gasteiger charge is -2.16. The molecule has 0 amide bonds. The van der Waals surface area contributed by atoms with Gasteiger partial charge in [-0.3, -0.25) is 0 Å². The van der Waals surface area contributed by atoms with Crippen molar-refractivity contribution in [3.05, 3.63) is 253 Å². The number of fused-ring (bicyclic) bond motifs is 20. The van der Waals surface area contributed by atoms with E-state index in [1.165, 1.54) is 0 Å². The average Bonchev–Trinajstić information content (AvgIpc) is 1.92. The van der Waals surface area contributed by atoms with Gasteiger partial charge in [-0.1, -0.05) is 127 Å². The average molecular weight is 1100 g/mol. The summed E-state index contributed by atoms with van der Waals surface area (Å²) < 4.78 is 22.2. The summed E-state index contributed by atoms with van der Waals surface area (Å²) in [7, 11) is 0. The maximum absolute atomic E-state index is 11.2. The van der Waals surface area contributed by atoms with E-state index in [4.69, 9.17) is 8.83 Å². The molecule has 394 valence electrons. The Hall–Kier alpha value is -12.6. The number of rotatable bonds is 5. The van der Waals surface area contributed by atoms with Crippen molar-refractivity contribution in [1.82, 2.24) is 18.3 Å². The first-order valence-electron chi connectivity index (χ1n) is 28.2. The van der Waals surface area contributed by atoms with Gasteiger partial charge in [-0.25, -0.2) is 0 Å². The van der Waals surface area contributed by atoms with Crippen molar-refractivity contribution < 1.29 is 8.83 Å². The van der Waals surface area contributed by atoms with Gasteiger partial charge < -0.3 is 27.1 Å². The molecule has 6 aromatic heterocycles. The minimum atomic E-state index is 0.370. The van der Waals surface area contributed by atoms with E-state index in [0.717, 1.165) is 137 Å². The molecule has 0 aliphatic rings. The number of furan rings is 2. The highest BCUT2D eigenvalue weighted by Gasteiger charge is 2.27. The highest BCUT2D eigenvalue weighted by Crippen LogP contribution is 2.47. The molecule has 18 aromatic rings. The van der Waals surface area contributed by atoms with Crippen LogP contribution in [-0.2, 0) is 0 Å². The quantitative estimate of drug-likeness (QED) is 0.168. The first-order valence-corrected chi connectivity index (χ1v) is 28.2. The summed E-state index contributed by atoms with van der Waals surface area (Å²) >= 11 is 0. The number of nitrogens with zero attached hydrogens (tertiary/aromatic N) is 8. The minimum absolute atomic E-state index is 0.370. The van der Waals surface area contributed by atoms with Gasteiger partial charge in [0.2, 0.25) is 0 Å². The van der Waals surface area contributed by atoms with Gasteiger partial charge in [-0.15, -0.1) is 0 Å². The van der Waals surface area contributed by atoms with E-state index in [2.05, 4.69) is 164 Å². The zero-order chi connectivity index (χ0) is 57.1. The summed E-state index contributed by atoms with van der Waals surface area (Å²) in [6, 6.07) is 87.4. The van der Waals surface area contributed by atoms with E-state index in [9.17, 15) is 21.0 Å². The molecule has 0 aliphatic carbocycles. The molecule has 86 heavy (non-hydrogen) atoms. The Kier molecular flexibility index (Phi) is 9.56. The molecule has 0 spiro atoms. The molecule has 0 atom stereocenters. The summed E-state index contributed by atoms with van der Waals surface area (Å²) in [4.78, 5) is 0. The number of para-hydroxylation sites is 6. The molecule has 6 heterocycles. The van der Waals surface area contributed by atoms with E-state index in [1.807, 2.05) is 103 Å². The first kappa shape index (κ1) is 47.1. The van der Waals surface area contributed by atoms with Gasteiger partial charge in [-0.2, -0.15) is 21.0 Å². The number of benzene rings is 12. The summed E-state index contributed by atoms with van der Waals surface area (Å²) in [5, 5.41) is 55.8. The Bertz CT molecular complexity index is 6230. The monoisotopic (exact) mass is 1090 g/mol. The van der Waals surface area contributed by atoms with Crippen LogP contribution in [0.1, 0.15) is 22.3 Å². The van der Waals surface area contributed by atoms with Crippen LogP contribution in [-0.4, -0.2) is 18.3 Å². The second-order valence-electron chi connectivity index (χ2n) is 21.9. The Morgan fingerprint density at radius 1 is 0.256 bits per heavy atom. The van der Waals surface area contributed by atoms with Crippen LogP contribution in [0.3, 0.4) is 0 Å². The molecule has 0 aliphatic heterocycles. The Balaban J connectivity index is 0.804. The summed E-state index contributed by atoms with van der Waals surface area (Å²) in [6.45, 7) is 0. The van der Waals surface area contributed by atoms with E-state index < -0.39 is 0 Å². The van der Waals surface area contributed by atoms with Crippen LogP contribution in [0.2, 0.25) is 0 Å². The normalized spacial score (nSPS) is 11.9. The van der Waals surface area contributed by atoms with Gasteiger partial charge in [0, 0.05) is 53.9 Å². The highest BCUT2D eigenvalue weighted by atomic mass is 16.3. The third-order valence-corrected chi connectivity index (χ3v) is 17.7. The van der Waals surface area contributed by atoms with Crippen molar-refractivity contribution in [2.45, 2.75) is 0 Å². The van der Waals surface area contributed by atoms with Crippen molar-refractivity contribution in [2.24, 2.45) is 0 Å². The zero-order valence-electron chi connectivity index (χ0n) is 45.3. The molecular weight excluding hydrogens is 1060 g/mol. The van der Waals surface area contributed by atoms with Crippen molar-refractivity contribution in [3.63, 3.8) is 0 Å². The minimum Gasteiger partial charge on any atom is -0.455 e. The molecule has 10 nitrogen and oxygen atoms in total. The molecule has 0 bridgehead atoms. The van der Waals surface area contributed by atoms with Gasteiger partial charge in [0.15, 0.2) is 0 Å². The molecule has 0 saturated heterocycles. The van der Waals surface area contributed by atoms with Crippen LogP contribution in [0.25, 0.3) is 165 Å². The molecule has 0 saturated carbocycles. The van der Waals surface area contributed by atoms with E-state index in [1.54, 1.807) is 6.07 Å². The van der Waals surface area contributed by atoms with Gasteiger partial charge >= 0.3 is 0 Å². The Labute approximate surface area is 487 Å². The largest absolute Gasteiger partial charge is 0.455 e. The maximum atomic E-state index is 11.2. The van der Waals surface area contributed by atoms with E-state index >= 15 is 0 Å². The van der Waals surface area contributed by atoms with Crippen LogP contribution in [0.4, 0.5) is 0 Å². The number of hydrogen-bond acceptors (Lipinski definition) is 6. The standard InChI is InChI=1S/C76H38N8O2/c77-39-44-34-45(40-78)69(38-68(44)81-58-21-7-1-14-49(58)50-15-2-8-22-59(50)81)84-62-25-11-5-19-57(62)74-65(84)33-31-54-52-29-28-43(37-71(52)86-76(54)74)48-20-13-26-63-72(48)55-17-3-9-23-60(55)82(63)66-35-47(42-80)67(36-46(66)41-79)83-61-24-10-4-18-56(61)73-64(83)32-30-53-51-16-6-12-27-70(51)85-75(53)73/h1-38H. The predicted octanol–water partition coefficient (Wildman–Crippen LogP) is 19.0. The SMILES string of the molecule is N#Cc1cc(C#N)c(-n2c3ccccc3c3c4oc5cc(-c6cccc7c6c6ccccc6n7-c6cc(C#N)c(-n7c8ccccc8c8c9oc%10ccccc%10c9ccc87)cc6C#N)ccc5c4ccc32)cc1-n1c2ccccc2c2ccccc21. The third-order valence-electron chi connectivity index (χ3n) is 17.7.